The van der Waals surface area contributed by atoms with Crippen molar-refractivity contribution in [1.82, 2.24) is 10.2 Å². The molecule has 2 aliphatic rings. The molecule has 0 spiro atoms. The number of benzene rings is 1. The fourth-order valence-electron chi connectivity index (χ4n) is 3.23. The van der Waals surface area contributed by atoms with Crippen LogP contribution in [0.3, 0.4) is 0 Å². The molecule has 3 rings (SSSR count). The molecule has 2 unspecified atom stereocenters. The van der Waals surface area contributed by atoms with E-state index in [4.69, 9.17) is 11.6 Å². The molecule has 0 radical (unpaired) electrons. The van der Waals surface area contributed by atoms with E-state index in [9.17, 15) is 4.79 Å². The molecular formula is C15H20Cl2N2O. The van der Waals surface area contributed by atoms with Crippen LogP contribution in [0.4, 0.5) is 0 Å². The molecule has 2 atom stereocenters. The molecule has 2 heterocycles. The Morgan fingerprint density at radius 3 is 3.00 bits per heavy atom. The lowest BCUT2D eigenvalue weighted by Gasteiger charge is -2.35. The Balaban J connectivity index is 0.00000147. The van der Waals surface area contributed by atoms with Gasteiger partial charge in [-0.25, -0.2) is 0 Å². The predicted molar refractivity (Wildman–Crippen MR) is 83.9 cm³/mol. The van der Waals surface area contributed by atoms with Gasteiger partial charge >= 0.3 is 0 Å². The first kappa shape index (κ1) is 15.6. The Bertz CT molecular complexity index is 507. The maximum Gasteiger partial charge on any atom is 0.254 e. The second kappa shape index (κ2) is 6.33. The average molecular weight is 315 g/mol. The second-order valence-electron chi connectivity index (χ2n) is 5.61. The summed E-state index contributed by atoms with van der Waals surface area (Å²) in [7, 11) is 0. The van der Waals surface area contributed by atoms with Crippen molar-refractivity contribution in [2.24, 2.45) is 5.92 Å². The van der Waals surface area contributed by atoms with Gasteiger partial charge in [-0.15, -0.1) is 12.4 Å². The van der Waals surface area contributed by atoms with Gasteiger partial charge in [-0.2, -0.15) is 0 Å². The number of halogens is 2. The highest BCUT2D eigenvalue weighted by Crippen LogP contribution is 2.26. The first-order valence-corrected chi connectivity index (χ1v) is 7.32. The first-order chi connectivity index (χ1) is 9.15. The highest BCUT2D eigenvalue weighted by molar-refractivity contribution is 6.31. The van der Waals surface area contributed by atoms with Gasteiger partial charge in [0.05, 0.1) is 0 Å². The first-order valence-electron chi connectivity index (χ1n) is 6.94. The largest absolute Gasteiger partial charge is 0.338 e. The van der Waals surface area contributed by atoms with Crippen molar-refractivity contribution in [3.8, 4) is 0 Å². The van der Waals surface area contributed by atoms with Crippen LogP contribution in [0.25, 0.3) is 0 Å². The number of hydrogen-bond donors (Lipinski definition) is 1. The van der Waals surface area contributed by atoms with Crippen molar-refractivity contribution in [1.29, 1.82) is 0 Å². The zero-order valence-corrected chi connectivity index (χ0v) is 13.1. The molecule has 2 aliphatic heterocycles. The molecule has 110 valence electrons. The molecule has 0 bridgehead atoms. The van der Waals surface area contributed by atoms with Crippen LogP contribution in [-0.2, 0) is 0 Å². The quantitative estimate of drug-likeness (QED) is 0.864. The van der Waals surface area contributed by atoms with Crippen LogP contribution in [0.2, 0.25) is 5.02 Å². The zero-order valence-electron chi connectivity index (χ0n) is 11.6. The van der Waals surface area contributed by atoms with Crippen molar-refractivity contribution in [2.75, 3.05) is 19.6 Å². The molecule has 20 heavy (non-hydrogen) atoms. The van der Waals surface area contributed by atoms with E-state index in [0.717, 1.165) is 37.2 Å². The summed E-state index contributed by atoms with van der Waals surface area (Å²) in [5, 5.41) is 4.15. The third-order valence-electron chi connectivity index (χ3n) is 4.37. The molecule has 1 aromatic rings. The molecule has 1 aromatic carbocycles. The third kappa shape index (κ3) is 2.95. The highest BCUT2D eigenvalue weighted by Gasteiger charge is 2.34. The summed E-state index contributed by atoms with van der Waals surface area (Å²) >= 11 is 6.01. The summed E-state index contributed by atoms with van der Waals surface area (Å²) < 4.78 is 0. The monoisotopic (exact) mass is 314 g/mol. The van der Waals surface area contributed by atoms with Gasteiger partial charge in [-0.05, 0) is 49.9 Å². The van der Waals surface area contributed by atoms with Crippen LogP contribution in [0.5, 0.6) is 0 Å². The Hall–Kier alpha value is -0.770. The molecule has 1 amide bonds. The summed E-state index contributed by atoms with van der Waals surface area (Å²) in [5.41, 5.74) is 1.75. The SMILES string of the molecule is Cc1ccc(Cl)cc1C(=O)N1CCC2NCCC2C1.Cl. The summed E-state index contributed by atoms with van der Waals surface area (Å²) in [6.07, 6.45) is 2.25. The van der Waals surface area contributed by atoms with Crippen molar-refractivity contribution in [3.63, 3.8) is 0 Å². The number of carbonyl (C=O) groups is 1. The number of carbonyl (C=O) groups excluding carboxylic acids is 1. The van der Waals surface area contributed by atoms with Gasteiger partial charge in [0.15, 0.2) is 0 Å². The number of nitrogens with zero attached hydrogens (tertiary/aromatic N) is 1. The lowest BCUT2D eigenvalue weighted by Crippen LogP contribution is -2.47. The van der Waals surface area contributed by atoms with Crippen molar-refractivity contribution < 1.29 is 4.79 Å². The van der Waals surface area contributed by atoms with Gasteiger partial charge < -0.3 is 10.2 Å². The summed E-state index contributed by atoms with van der Waals surface area (Å²) in [5.74, 6) is 0.752. The number of nitrogens with one attached hydrogen (secondary N) is 1. The topological polar surface area (TPSA) is 32.3 Å². The maximum atomic E-state index is 12.6. The van der Waals surface area contributed by atoms with Crippen LogP contribution in [0, 0.1) is 12.8 Å². The second-order valence-corrected chi connectivity index (χ2v) is 6.04. The van der Waals surface area contributed by atoms with Crippen LogP contribution in [0.15, 0.2) is 18.2 Å². The Kier molecular flexibility index (Phi) is 4.95. The molecule has 0 aliphatic carbocycles. The van der Waals surface area contributed by atoms with Crippen molar-refractivity contribution in [3.05, 3.63) is 34.3 Å². The molecule has 3 nitrogen and oxygen atoms in total. The van der Waals surface area contributed by atoms with E-state index in [2.05, 4.69) is 5.32 Å². The summed E-state index contributed by atoms with van der Waals surface area (Å²) in [6, 6.07) is 6.16. The standard InChI is InChI=1S/C15H19ClN2O.ClH/c1-10-2-3-12(16)8-13(10)15(19)18-7-5-14-11(9-18)4-6-17-14;/h2-3,8,11,14,17H,4-7,9H2,1H3;1H. The zero-order chi connectivity index (χ0) is 13.4. The fourth-order valence-corrected chi connectivity index (χ4v) is 3.40. The molecule has 2 saturated heterocycles. The lowest BCUT2D eigenvalue weighted by atomic mass is 9.92. The van der Waals surface area contributed by atoms with Gasteiger partial charge in [-0.1, -0.05) is 17.7 Å². The van der Waals surface area contributed by atoms with Gasteiger partial charge in [0.1, 0.15) is 0 Å². The van der Waals surface area contributed by atoms with E-state index < -0.39 is 0 Å². The third-order valence-corrected chi connectivity index (χ3v) is 4.61. The number of likely N-dealkylation sites (tertiary alicyclic amines) is 1. The fraction of sp³-hybridized carbons (Fsp3) is 0.533. The highest BCUT2D eigenvalue weighted by atomic mass is 35.5. The molecule has 0 aromatic heterocycles. The van der Waals surface area contributed by atoms with Crippen LogP contribution >= 0.6 is 24.0 Å². The molecule has 1 N–H and O–H groups in total. The lowest BCUT2D eigenvalue weighted by molar-refractivity contribution is 0.0661. The van der Waals surface area contributed by atoms with E-state index in [0.29, 0.717) is 17.0 Å². The van der Waals surface area contributed by atoms with E-state index in [1.165, 1.54) is 6.42 Å². The minimum atomic E-state index is 0. The summed E-state index contributed by atoms with van der Waals surface area (Å²) in [6.45, 7) is 4.78. The molecule has 2 fully saturated rings. The van der Waals surface area contributed by atoms with Crippen molar-refractivity contribution >= 4 is 29.9 Å². The van der Waals surface area contributed by atoms with E-state index >= 15 is 0 Å². The van der Waals surface area contributed by atoms with Crippen molar-refractivity contribution in [2.45, 2.75) is 25.8 Å². The van der Waals surface area contributed by atoms with Gasteiger partial charge in [-0.3, -0.25) is 4.79 Å². The smallest absolute Gasteiger partial charge is 0.254 e. The van der Waals surface area contributed by atoms with E-state index in [1.54, 1.807) is 6.07 Å². The minimum Gasteiger partial charge on any atom is -0.338 e. The predicted octanol–water partition coefficient (Wildman–Crippen LogP) is 2.89. The van der Waals surface area contributed by atoms with Gasteiger partial charge in [0.2, 0.25) is 0 Å². The van der Waals surface area contributed by atoms with Crippen LogP contribution < -0.4 is 5.32 Å². The Morgan fingerprint density at radius 2 is 2.20 bits per heavy atom. The number of piperidine rings is 1. The van der Waals surface area contributed by atoms with Gasteiger partial charge in [0.25, 0.3) is 5.91 Å². The molecular weight excluding hydrogens is 295 g/mol. The van der Waals surface area contributed by atoms with E-state index in [-0.39, 0.29) is 18.3 Å². The number of hydrogen-bond acceptors (Lipinski definition) is 2. The summed E-state index contributed by atoms with van der Waals surface area (Å²) in [4.78, 5) is 14.6. The maximum absolute atomic E-state index is 12.6. The van der Waals surface area contributed by atoms with Crippen LogP contribution in [0.1, 0.15) is 28.8 Å². The number of aryl methyl sites for hydroxylation is 1. The average Bonchev–Trinajstić information content (AvgIpc) is 2.88. The number of rotatable bonds is 1. The number of fused-ring (bicyclic) bond motifs is 1. The molecule has 0 saturated carbocycles. The van der Waals surface area contributed by atoms with Crippen LogP contribution in [-0.4, -0.2) is 36.5 Å². The minimum absolute atomic E-state index is 0. The Labute approximate surface area is 131 Å². The Morgan fingerprint density at radius 1 is 1.40 bits per heavy atom. The molecule has 5 heteroatoms. The normalized spacial score (nSPS) is 25.0. The van der Waals surface area contributed by atoms with Gasteiger partial charge in [0, 0.05) is 29.7 Å². The number of amides is 1. The van der Waals surface area contributed by atoms with E-state index in [1.807, 2.05) is 24.0 Å².